The molecule has 116 valence electrons. The molecule has 1 rings (SSSR count). The summed E-state index contributed by atoms with van der Waals surface area (Å²) in [7, 11) is 0. The van der Waals surface area contributed by atoms with Crippen LogP contribution in [0.4, 0.5) is 0 Å². The Morgan fingerprint density at radius 1 is 1.30 bits per heavy atom. The van der Waals surface area contributed by atoms with Crippen molar-refractivity contribution in [1.29, 1.82) is 0 Å². The fourth-order valence-corrected chi connectivity index (χ4v) is 3.20. The summed E-state index contributed by atoms with van der Waals surface area (Å²) in [5.74, 6) is 2.48. The Bertz CT molecular complexity index is 334. The maximum absolute atomic E-state index is 12.6. The first-order valence-electron chi connectivity index (χ1n) is 7.69. The summed E-state index contributed by atoms with van der Waals surface area (Å²) in [6.07, 6.45) is 2.39. The van der Waals surface area contributed by atoms with Crippen LogP contribution >= 0.6 is 11.8 Å². The molecule has 2 amide bonds. The summed E-state index contributed by atoms with van der Waals surface area (Å²) in [5.41, 5.74) is 0. The predicted molar refractivity (Wildman–Crippen MR) is 84.8 cm³/mol. The van der Waals surface area contributed by atoms with Gasteiger partial charge in [-0.1, -0.05) is 34.1 Å². The van der Waals surface area contributed by atoms with Gasteiger partial charge in [0, 0.05) is 12.3 Å². The maximum Gasteiger partial charge on any atom is 0.245 e. The third-order valence-corrected chi connectivity index (χ3v) is 4.41. The van der Waals surface area contributed by atoms with Gasteiger partial charge >= 0.3 is 0 Å². The minimum absolute atomic E-state index is 0.0265. The molecule has 2 unspecified atom stereocenters. The SMILES string of the molecule is CCCC1C(=O)NC(CC(C)C)C(=O)N1CCSCC. The largest absolute Gasteiger partial charge is 0.342 e. The zero-order valence-electron chi connectivity index (χ0n) is 13.1. The topological polar surface area (TPSA) is 49.4 Å². The van der Waals surface area contributed by atoms with E-state index in [1.165, 1.54) is 0 Å². The first-order valence-corrected chi connectivity index (χ1v) is 8.85. The van der Waals surface area contributed by atoms with E-state index in [2.05, 4.69) is 33.0 Å². The molecule has 0 aromatic rings. The van der Waals surface area contributed by atoms with Gasteiger partial charge in [0.2, 0.25) is 11.8 Å². The number of amides is 2. The molecule has 20 heavy (non-hydrogen) atoms. The lowest BCUT2D eigenvalue weighted by Gasteiger charge is -2.39. The third kappa shape index (κ3) is 4.69. The molecule has 5 heteroatoms. The molecule has 0 bridgehead atoms. The lowest BCUT2D eigenvalue weighted by atomic mass is 9.97. The smallest absolute Gasteiger partial charge is 0.245 e. The van der Waals surface area contributed by atoms with Crippen LogP contribution in [0.2, 0.25) is 0 Å². The first kappa shape index (κ1) is 17.3. The third-order valence-electron chi connectivity index (χ3n) is 3.53. The average Bonchev–Trinajstić information content (AvgIpc) is 2.38. The second-order valence-corrected chi connectivity index (χ2v) is 7.12. The minimum atomic E-state index is -0.331. The summed E-state index contributed by atoms with van der Waals surface area (Å²) in [5, 5.41) is 2.92. The van der Waals surface area contributed by atoms with Crippen molar-refractivity contribution in [2.24, 2.45) is 5.92 Å². The number of hydrogen-bond donors (Lipinski definition) is 1. The van der Waals surface area contributed by atoms with E-state index in [9.17, 15) is 9.59 Å². The van der Waals surface area contributed by atoms with Gasteiger partial charge in [0.25, 0.3) is 0 Å². The van der Waals surface area contributed by atoms with Crippen LogP contribution in [0.3, 0.4) is 0 Å². The molecule has 1 aliphatic heterocycles. The minimum Gasteiger partial charge on any atom is -0.342 e. The van der Waals surface area contributed by atoms with Crippen molar-refractivity contribution < 1.29 is 9.59 Å². The lowest BCUT2D eigenvalue weighted by molar-refractivity contribution is -0.149. The van der Waals surface area contributed by atoms with Gasteiger partial charge in [-0.3, -0.25) is 9.59 Å². The Balaban J connectivity index is 2.77. The maximum atomic E-state index is 12.6. The van der Waals surface area contributed by atoms with Crippen LogP contribution < -0.4 is 5.32 Å². The van der Waals surface area contributed by atoms with E-state index < -0.39 is 0 Å². The summed E-state index contributed by atoms with van der Waals surface area (Å²) in [4.78, 5) is 26.7. The number of piperazine rings is 1. The van der Waals surface area contributed by atoms with Crippen molar-refractivity contribution in [3.8, 4) is 0 Å². The van der Waals surface area contributed by atoms with Crippen molar-refractivity contribution in [3.05, 3.63) is 0 Å². The van der Waals surface area contributed by atoms with Crippen LogP contribution in [0.1, 0.15) is 47.0 Å². The predicted octanol–water partition coefficient (Wildman–Crippen LogP) is 2.28. The van der Waals surface area contributed by atoms with Crippen LogP contribution in [-0.4, -0.2) is 46.8 Å². The average molecular weight is 300 g/mol. The number of rotatable bonds is 8. The summed E-state index contributed by atoms with van der Waals surface area (Å²) in [6, 6.07) is -0.601. The second-order valence-electron chi connectivity index (χ2n) is 5.72. The Kier molecular flexibility index (Phi) is 7.41. The molecular weight excluding hydrogens is 272 g/mol. The molecule has 1 aliphatic rings. The number of carbonyl (C=O) groups excluding carboxylic acids is 2. The highest BCUT2D eigenvalue weighted by Crippen LogP contribution is 2.19. The van der Waals surface area contributed by atoms with E-state index in [-0.39, 0.29) is 23.9 Å². The number of nitrogens with one attached hydrogen (secondary N) is 1. The summed E-state index contributed by atoms with van der Waals surface area (Å²) in [6.45, 7) is 9.01. The Morgan fingerprint density at radius 3 is 2.55 bits per heavy atom. The number of carbonyl (C=O) groups is 2. The number of hydrogen-bond acceptors (Lipinski definition) is 3. The lowest BCUT2D eigenvalue weighted by Crippen LogP contribution is -2.63. The molecule has 1 saturated heterocycles. The number of nitrogens with zero attached hydrogens (tertiary/aromatic N) is 1. The van der Waals surface area contributed by atoms with E-state index >= 15 is 0 Å². The Morgan fingerprint density at radius 2 is 2.00 bits per heavy atom. The molecule has 0 aromatic heterocycles. The van der Waals surface area contributed by atoms with Gasteiger partial charge in [0.15, 0.2) is 0 Å². The van der Waals surface area contributed by atoms with E-state index in [4.69, 9.17) is 0 Å². The van der Waals surface area contributed by atoms with Crippen LogP contribution in [0.25, 0.3) is 0 Å². The zero-order valence-corrected chi connectivity index (χ0v) is 14.0. The van der Waals surface area contributed by atoms with Crippen LogP contribution in [0, 0.1) is 5.92 Å². The standard InChI is InChI=1S/C15H28N2O2S/c1-5-7-13-14(18)16-12(10-11(3)4)15(19)17(13)8-9-20-6-2/h11-13H,5-10H2,1-4H3,(H,16,18). The molecule has 4 nitrogen and oxygen atoms in total. The van der Waals surface area contributed by atoms with E-state index in [1.54, 1.807) is 0 Å². The molecule has 0 saturated carbocycles. The van der Waals surface area contributed by atoms with Gasteiger partial charge in [0.1, 0.15) is 12.1 Å². The number of thioether (sulfide) groups is 1. The highest BCUT2D eigenvalue weighted by Gasteiger charge is 2.39. The van der Waals surface area contributed by atoms with E-state index in [0.29, 0.717) is 12.5 Å². The highest BCUT2D eigenvalue weighted by molar-refractivity contribution is 7.99. The monoisotopic (exact) mass is 300 g/mol. The molecule has 1 N–H and O–H groups in total. The zero-order chi connectivity index (χ0) is 15.1. The Hall–Kier alpha value is -0.710. The van der Waals surface area contributed by atoms with Crippen molar-refractivity contribution in [2.45, 2.75) is 59.0 Å². The fraction of sp³-hybridized carbons (Fsp3) is 0.867. The molecule has 0 aromatic carbocycles. The summed E-state index contributed by atoms with van der Waals surface area (Å²) < 4.78 is 0. The van der Waals surface area contributed by atoms with E-state index in [0.717, 1.165) is 30.8 Å². The van der Waals surface area contributed by atoms with Gasteiger partial charge in [-0.25, -0.2) is 0 Å². The molecule has 1 fully saturated rings. The van der Waals surface area contributed by atoms with Crippen molar-refractivity contribution in [2.75, 3.05) is 18.1 Å². The molecule has 0 radical (unpaired) electrons. The van der Waals surface area contributed by atoms with Crippen molar-refractivity contribution in [1.82, 2.24) is 10.2 Å². The van der Waals surface area contributed by atoms with Gasteiger partial charge < -0.3 is 10.2 Å². The molecule has 0 aliphatic carbocycles. The molecule has 2 atom stereocenters. The fourth-order valence-electron chi connectivity index (χ4n) is 2.59. The molecular formula is C15H28N2O2S. The van der Waals surface area contributed by atoms with Gasteiger partial charge in [0.05, 0.1) is 0 Å². The first-order chi connectivity index (χ1) is 9.51. The van der Waals surface area contributed by atoms with Gasteiger partial charge in [-0.2, -0.15) is 11.8 Å². The Labute approximate surface area is 127 Å². The quantitative estimate of drug-likeness (QED) is 0.700. The van der Waals surface area contributed by atoms with Crippen LogP contribution in [0.15, 0.2) is 0 Å². The van der Waals surface area contributed by atoms with Crippen molar-refractivity contribution >= 4 is 23.6 Å². The van der Waals surface area contributed by atoms with Gasteiger partial charge in [-0.15, -0.1) is 0 Å². The molecule has 0 spiro atoms. The van der Waals surface area contributed by atoms with Gasteiger partial charge in [-0.05, 0) is 24.5 Å². The highest BCUT2D eigenvalue weighted by atomic mass is 32.2. The second kappa shape index (κ2) is 8.55. The molecule has 1 heterocycles. The summed E-state index contributed by atoms with van der Waals surface area (Å²) >= 11 is 1.81. The normalized spacial score (nSPS) is 23.4. The van der Waals surface area contributed by atoms with E-state index in [1.807, 2.05) is 16.7 Å². The van der Waals surface area contributed by atoms with Crippen LogP contribution in [0.5, 0.6) is 0 Å². The van der Waals surface area contributed by atoms with Crippen molar-refractivity contribution in [3.63, 3.8) is 0 Å². The van der Waals surface area contributed by atoms with Crippen LogP contribution in [-0.2, 0) is 9.59 Å².